The summed E-state index contributed by atoms with van der Waals surface area (Å²) in [6, 6.07) is 25.7. The number of carboxylic acids is 1. The molecule has 260 valence electrons. The van der Waals surface area contributed by atoms with Crippen LogP contribution in [0.15, 0.2) is 101 Å². The van der Waals surface area contributed by atoms with Crippen molar-refractivity contribution >= 4 is 45.9 Å². The Morgan fingerprint density at radius 3 is 2.42 bits per heavy atom. The van der Waals surface area contributed by atoms with E-state index in [0.29, 0.717) is 39.4 Å². The van der Waals surface area contributed by atoms with Gasteiger partial charge in [-0.25, -0.2) is 20.1 Å². The van der Waals surface area contributed by atoms with Gasteiger partial charge in [-0.15, -0.1) is 0 Å². The molecular weight excluding hydrogens is 745 g/mol. The van der Waals surface area contributed by atoms with Crippen LogP contribution in [0.4, 0.5) is 5.69 Å². The number of rotatable bonds is 12. The first-order chi connectivity index (χ1) is 24.3. The number of anilines is 1. The van der Waals surface area contributed by atoms with Crippen LogP contribution in [-0.2, 0) is 20.8 Å². The van der Waals surface area contributed by atoms with E-state index < -0.39 is 29.4 Å². The molecule has 50 heavy (non-hydrogen) atoms. The topological polar surface area (TPSA) is 129 Å². The molecular formula is C39H42IN5O5. The first kappa shape index (κ1) is 34.4. The number of para-hydroxylation sites is 1. The Morgan fingerprint density at radius 2 is 1.78 bits per heavy atom. The zero-order chi connectivity index (χ0) is 34.7. The van der Waals surface area contributed by atoms with Crippen LogP contribution in [0.1, 0.15) is 67.0 Å². The van der Waals surface area contributed by atoms with Gasteiger partial charge in [0, 0.05) is 23.1 Å². The molecule has 2 saturated heterocycles. The van der Waals surface area contributed by atoms with Crippen LogP contribution in [0.5, 0.6) is 0 Å². The zero-order valence-electron chi connectivity index (χ0n) is 28.1. The molecule has 0 bridgehead atoms. The first-order valence-electron chi connectivity index (χ1n) is 17.3. The van der Waals surface area contributed by atoms with Crippen molar-refractivity contribution in [2.24, 2.45) is 10.9 Å². The number of carbonyl (C=O) groups excluding carboxylic acids is 1. The number of hydrogen-bond acceptors (Lipinski definition) is 9. The number of benzene rings is 3. The highest BCUT2D eigenvalue weighted by atomic mass is 127. The highest BCUT2D eigenvalue weighted by Crippen LogP contribution is 2.54. The van der Waals surface area contributed by atoms with Crippen molar-refractivity contribution in [3.8, 4) is 0 Å². The van der Waals surface area contributed by atoms with Crippen LogP contribution in [0.3, 0.4) is 0 Å². The summed E-state index contributed by atoms with van der Waals surface area (Å²) in [4.78, 5) is 45.1. The minimum Gasteiger partial charge on any atom is -0.480 e. The normalized spacial score (nSPS) is 24.8. The monoisotopic (exact) mass is 787 g/mol. The molecule has 7 rings (SSSR count). The zero-order valence-corrected chi connectivity index (χ0v) is 30.2. The molecule has 0 amide bonds. The average Bonchev–Trinajstić information content (AvgIpc) is 3.87. The Hall–Kier alpha value is -4.07. The maximum Gasteiger partial charge on any atom is 0.352 e. The van der Waals surface area contributed by atoms with Crippen LogP contribution in [0.25, 0.3) is 0 Å². The molecule has 1 saturated carbocycles. The number of carbonyl (C=O) groups is 2. The van der Waals surface area contributed by atoms with Gasteiger partial charge in [0.25, 0.3) is 0 Å². The lowest BCUT2D eigenvalue weighted by Gasteiger charge is -2.52. The lowest BCUT2D eigenvalue weighted by atomic mass is 9.60. The third-order valence-corrected chi connectivity index (χ3v) is 11.3. The van der Waals surface area contributed by atoms with Crippen LogP contribution >= 0.6 is 22.6 Å². The molecule has 10 nitrogen and oxygen atoms in total. The fraction of sp³-hybridized carbons (Fsp3) is 0.385. The smallest absolute Gasteiger partial charge is 0.352 e. The van der Waals surface area contributed by atoms with Crippen LogP contribution in [-0.4, -0.2) is 69.9 Å². The number of halogens is 1. The van der Waals surface area contributed by atoms with Crippen molar-refractivity contribution in [1.82, 2.24) is 15.2 Å². The van der Waals surface area contributed by atoms with Crippen molar-refractivity contribution in [2.45, 2.75) is 68.0 Å². The van der Waals surface area contributed by atoms with Crippen molar-refractivity contribution in [2.75, 3.05) is 25.6 Å². The van der Waals surface area contributed by atoms with E-state index in [0.717, 1.165) is 56.3 Å². The number of nitrogens with one attached hydrogen (secondary N) is 2. The summed E-state index contributed by atoms with van der Waals surface area (Å²) in [6.07, 6.45) is 7.56. The standard InChI is InChI=1S/C39H42IN5O5/c1-45-21-11-18-38(45)23-28(24-38)32(35-42-31(40)25-49-35)34(36(46)47)43-33(27-14-6-3-7-15-27)29-16-8-9-17-30(29)44-50-37(48)39(19-10-20-41-39)22-26-12-4-2-5-13-26/h2-9,12-17,25,28,32,34,41,44H,10-11,18-24H2,1H3,(H,46,47)/t28?,32?,34?,38?,39-/m1/s1. The van der Waals surface area contributed by atoms with Gasteiger partial charge in [0.2, 0.25) is 5.89 Å². The Morgan fingerprint density at radius 1 is 1.06 bits per heavy atom. The van der Waals surface area contributed by atoms with Gasteiger partial charge in [0.1, 0.15) is 15.5 Å². The molecule has 11 heteroatoms. The highest BCUT2D eigenvalue weighted by molar-refractivity contribution is 14.1. The molecule has 2 aliphatic heterocycles. The second-order valence-corrected chi connectivity index (χ2v) is 15.0. The Bertz CT molecular complexity index is 1840. The molecule has 3 N–H and O–H groups in total. The molecule has 3 aromatic carbocycles. The maximum atomic E-state index is 13.8. The number of aliphatic carboxylic acids is 1. The molecule has 3 fully saturated rings. The number of nitrogens with zero attached hydrogens (tertiary/aromatic N) is 3. The third-order valence-electron chi connectivity index (χ3n) is 10.8. The molecule has 1 aromatic heterocycles. The van der Waals surface area contributed by atoms with Crippen LogP contribution in [0.2, 0.25) is 0 Å². The highest BCUT2D eigenvalue weighted by Gasteiger charge is 2.55. The van der Waals surface area contributed by atoms with Crippen LogP contribution < -0.4 is 10.8 Å². The van der Waals surface area contributed by atoms with E-state index in [4.69, 9.17) is 14.2 Å². The Kier molecular flexibility index (Phi) is 10.1. The first-order valence-corrected chi connectivity index (χ1v) is 18.4. The van der Waals surface area contributed by atoms with Crippen molar-refractivity contribution in [3.05, 3.63) is 117 Å². The second-order valence-electron chi connectivity index (χ2n) is 13.9. The molecule has 0 radical (unpaired) electrons. The predicted octanol–water partition coefficient (Wildman–Crippen LogP) is 6.46. The van der Waals surface area contributed by atoms with Gasteiger partial charge in [0.15, 0.2) is 6.04 Å². The lowest BCUT2D eigenvalue weighted by molar-refractivity contribution is -0.148. The molecule has 4 aromatic rings. The number of likely N-dealkylation sites (tertiary alicyclic amines) is 1. The summed E-state index contributed by atoms with van der Waals surface area (Å²) in [5, 5.41) is 14.3. The largest absolute Gasteiger partial charge is 0.480 e. The summed E-state index contributed by atoms with van der Waals surface area (Å²) in [5.41, 5.74) is 5.53. The van der Waals surface area contributed by atoms with E-state index in [1.807, 2.05) is 84.9 Å². The third kappa shape index (κ3) is 6.95. The number of aromatic nitrogens is 1. The maximum absolute atomic E-state index is 13.8. The molecule has 3 heterocycles. The summed E-state index contributed by atoms with van der Waals surface area (Å²) in [7, 11) is 2.16. The summed E-state index contributed by atoms with van der Waals surface area (Å²) >= 11 is 2.10. The summed E-state index contributed by atoms with van der Waals surface area (Å²) in [6.45, 7) is 1.77. The fourth-order valence-corrected chi connectivity index (χ4v) is 8.59. The second kappa shape index (κ2) is 14.7. The number of aliphatic imine (C=N–C) groups is 1. The van der Waals surface area contributed by atoms with Crippen molar-refractivity contribution < 1.29 is 24.0 Å². The van der Waals surface area contributed by atoms with Gasteiger partial charge in [-0.05, 0) is 98.8 Å². The Balaban J connectivity index is 1.22. The minimum atomic E-state index is -1.18. The minimum absolute atomic E-state index is 0.0286. The number of oxazole rings is 1. The van der Waals surface area contributed by atoms with E-state index in [-0.39, 0.29) is 11.5 Å². The van der Waals surface area contributed by atoms with Gasteiger partial charge < -0.3 is 24.6 Å². The molecule has 2 unspecified atom stereocenters. The van der Waals surface area contributed by atoms with Gasteiger partial charge in [0.05, 0.1) is 17.3 Å². The van der Waals surface area contributed by atoms with E-state index in [9.17, 15) is 14.7 Å². The van der Waals surface area contributed by atoms with Crippen LogP contribution in [0, 0.1) is 9.62 Å². The number of carboxylic acid groups (broad SMARTS) is 1. The van der Waals surface area contributed by atoms with E-state index in [2.05, 4.69) is 50.3 Å². The van der Waals surface area contributed by atoms with E-state index in [1.165, 1.54) is 0 Å². The SMILES string of the molecule is CN1CCCC12CC(C(c1nc(I)co1)C(N=C(c1ccccc1)c1ccccc1NOC(=O)[C@]1(Cc3ccccc3)CCCN1)C(=O)O)C2. The van der Waals surface area contributed by atoms with E-state index in [1.54, 1.807) is 6.26 Å². The van der Waals surface area contributed by atoms with E-state index >= 15 is 0 Å². The predicted molar refractivity (Wildman–Crippen MR) is 199 cm³/mol. The quantitative estimate of drug-likeness (QED) is 0.0842. The lowest BCUT2D eigenvalue weighted by Crippen LogP contribution is -2.55. The summed E-state index contributed by atoms with van der Waals surface area (Å²) < 4.78 is 6.60. The number of hydrogen-bond donors (Lipinski definition) is 3. The van der Waals surface area contributed by atoms with Crippen molar-refractivity contribution in [3.63, 3.8) is 0 Å². The molecule has 3 aliphatic rings. The van der Waals surface area contributed by atoms with Gasteiger partial charge in [-0.2, -0.15) is 0 Å². The molecule has 3 atom stereocenters. The Labute approximate surface area is 305 Å². The molecule has 1 aliphatic carbocycles. The molecule has 1 spiro atoms. The average molecular weight is 788 g/mol. The van der Waals surface area contributed by atoms with Gasteiger partial charge in [-0.1, -0.05) is 78.9 Å². The van der Waals surface area contributed by atoms with Gasteiger partial charge in [-0.3, -0.25) is 4.99 Å². The fourth-order valence-electron chi connectivity index (χ4n) is 8.22. The van der Waals surface area contributed by atoms with Crippen molar-refractivity contribution in [1.29, 1.82) is 0 Å². The summed E-state index contributed by atoms with van der Waals surface area (Å²) in [5.74, 6) is -1.60. The van der Waals surface area contributed by atoms with Gasteiger partial charge >= 0.3 is 11.9 Å².